The van der Waals surface area contributed by atoms with E-state index in [0.717, 1.165) is 0 Å². The van der Waals surface area contributed by atoms with E-state index in [4.69, 9.17) is 4.74 Å². The van der Waals surface area contributed by atoms with Crippen LogP contribution in [0.5, 0.6) is 0 Å². The Morgan fingerprint density at radius 1 is 1.50 bits per heavy atom. The molecule has 0 N–H and O–H groups in total. The van der Waals surface area contributed by atoms with Gasteiger partial charge in [-0.1, -0.05) is 13.8 Å². The Balaban J connectivity index is 0.000000810. The minimum absolute atomic E-state index is 0. The molecule has 0 amide bonds. The molecule has 0 aromatic carbocycles. The van der Waals surface area contributed by atoms with Crippen LogP contribution in [0.25, 0.3) is 0 Å². The molecule has 1 saturated heterocycles. The smallest absolute Gasteiger partial charge is 0.0437 e. The molecule has 0 aromatic heterocycles. The SMILES string of the molecule is CC1COC(C)[C-](F)C1.[Y]. The molecule has 10 heavy (non-hydrogen) atoms. The third-order valence-electron chi connectivity index (χ3n) is 1.62. The molecule has 2 atom stereocenters. The van der Waals surface area contributed by atoms with Gasteiger partial charge in [-0.25, -0.2) is 0 Å². The van der Waals surface area contributed by atoms with Crippen LogP contribution in [0.1, 0.15) is 20.3 Å². The van der Waals surface area contributed by atoms with Gasteiger partial charge in [-0.05, 0) is 12.0 Å². The Bertz CT molecular complexity index is 99.6. The van der Waals surface area contributed by atoms with E-state index in [-0.39, 0.29) is 45.0 Å². The third kappa shape index (κ3) is 2.93. The summed E-state index contributed by atoms with van der Waals surface area (Å²) in [6.07, 6.45) is 0.316. The van der Waals surface area contributed by atoms with Crippen LogP contribution in [0, 0.1) is 12.1 Å². The second-order valence-electron chi connectivity index (χ2n) is 2.73. The topological polar surface area (TPSA) is 9.23 Å². The van der Waals surface area contributed by atoms with Crippen LogP contribution in [0.15, 0.2) is 0 Å². The minimum atomic E-state index is -0.263. The van der Waals surface area contributed by atoms with Crippen molar-refractivity contribution < 1.29 is 41.8 Å². The summed E-state index contributed by atoms with van der Waals surface area (Å²) < 4.78 is 17.7. The van der Waals surface area contributed by atoms with Gasteiger partial charge in [0.2, 0.25) is 0 Å². The molecule has 1 aliphatic rings. The summed E-state index contributed by atoms with van der Waals surface area (Å²) in [6, 6.07) is 0. The maximum Gasteiger partial charge on any atom is 0.0437 e. The minimum Gasteiger partial charge on any atom is -0.454 e. The summed E-state index contributed by atoms with van der Waals surface area (Å²) in [7, 11) is 0. The number of halogens is 1. The fraction of sp³-hybridized carbons (Fsp3) is 0.857. The first-order valence-electron chi connectivity index (χ1n) is 3.33. The van der Waals surface area contributed by atoms with Crippen LogP contribution in [0.2, 0.25) is 0 Å². The van der Waals surface area contributed by atoms with E-state index in [9.17, 15) is 4.39 Å². The molecule has 0 spiro atoms. The van der Waals surface area contributed by atoms with Gasteiger partial charge in [0.05, 0.1) is 0 Å². The van der Waals surface area contributed by atoms with E-state index < -0.39 is 0 Å². The van der Waals surface area contributed by atoms with E-state index in [1.54, 1.807) is 6.92 Å². The molecule has 1 rings (SSSR count). The van der Waals surface area contributed by atoms with E-state index in [2.05, 4.69) is 0 Å². The Hall–Kier alpha value is 0.994. The van der Waals surface area contributed by atoms with Gasteiger partial charge in [0, 0.05) is 39.3 Å². The molecule has 1 fully saturated rings. The molecule has 0 saturated carbocycles. The van der Waals surface area contributed by atoms with Gasteiger partial charge in [0.25, 0.3) is 0 Å². The Morgan fingerprint density at radius 2 is 2.10 bits per heavy atom. The summed E-state index contributed by atoms with van der Waals surface area (Å²) in [4.78, 5) is 0. The second kappa shape index (κ2) is 4.79. The molecule has 0 aromatic rings. The van der Waals surface area contributed by atoms with Crippen molar-refractivity contribution in [2.24, 2.45) is 5.92 Å². The van der Waals surface area contributed by atoms with Gasteiger partial charge in [-0.15, -0.1) is 12.6 Å². The normalized spacial score (nSPS) is 35.1. The van der Waals surface area contributed by atoms with Crippen molar-refractivity contribution in [3.05, 3.63) is 6.17 Å². The quantitative estimate of drug-likeness (QED) is 0.567. The maximum absolute atomic E-state index is 12.6. The fourth-order valence-corrected chi connectivity index (χ4v) is 0.957. The predicted octanol–water partition coefficient (Wildman–Crippen LogP) is 1.93. The Morgan fingerprint density at radius 3 is 2.50 bits per heavy atom. The first-order chi connectivity index (χ1) is 4.20. The zero-order valence-electron chi connectivity index (χ0n) is 6.43. The molecular weight excluding hydrogens is 208 g/mol. The number of hydrogen-bond donors (Lipinski definition) is 0. The van der Waals surface area contributed by atoms with E-state index in [1.165, 1.54) is 0 Å². The largest absolute Gasteiger partial charge is 0.454 e. The Labute approximate surface area is 86.6 Å². The molecule has 0 aliphatic carbocycles. The molecule has 1 radical (unpaired) electrons. The van der Waals surface area contributed by atoms with Gasteiger partial charge in [0.15, 0.2) is 0 Å². The van der Waals surface area contributed by atoms with Crippen LogP contribution in [-0.2, 0) is 37.4 Å². The van der Waals surface area contributed by atoms with Crippen LogP contribution in [0.4, 0.5) is 4.39 Å². The van der Waals surface area contributed by atoms with Crippen LogP contribution < -0.4 is 0 Å². The predicted molar refractivity (Wildman–Crippen MR) is 33.5 cm³/mol. The Kier molecular flexibility index (Phi) is 5.26. The summed E-state index contributed by atoms with van der Waals surface area (Å²) >= 11 is 0. The first kappa shape index (κ1) is 11.0. The van der Waals surface area contributed by atoms with Crippen molar-refractivity contribution in [2.45, 2.75) is 26.4 Å². The van der Waals surface area contributed by atoms with E-state index >= 15 is 0 Å². The zero-order chi connectivity index (χ0) is 6.85. The van der Waals surface area contributed by atoms with Crippen molar-refractivity contribution in [3.63, 3.8) is 0 Å². The van der Waals surface area contributed by atoms with Crippen LogP contribution in [-0.4, -0.2) is 12.7 Å². The average Bonchev–Trinajstić information content (AvgIpc) is 1.80. The first-order valence-corrected chi connectivity index (χ1v) is 3.33. The number of ether oxygens (including phenoxy) is 1. The second-order valence-corrected chi connectivity index (χ2v) is 2.73. The van der Waals surface area contributed by atoms with Crippen molar-refractivity contribution in [1.29, 1.82) is 0 Å². The molecule has 0 bridgehead atoms. The van der Waals surface area contributed by atoms with Crippen molar-refractivity contribution in [2.75, 3.05) is 6.61 Å². The zero-order valence-corrected chi connectivity index (χ0v) is 9.27. The molecule has 1 nitrogen and oxygen atoms in total. The molecule has 3 heteroatoms. The van der Waals surface area contributed by atoms with Gasteiger partial charge in [-0.2, -0.15) is 0 Å². The molecule has 1 aliphatic heterocycles. The molecule has 2 unspecified atom stereocenters. The monoisotopic (exact) mass is 220 g/mol. The molecular formula is C7H12FOY-. The van der Waals surface area contributed by atoms with Gasteiger partial charge < -0.3 is 9.13 Å². The average molecular weight is 220 g/mol. The van der Waals surface area contributed by atoms with E-state index in [0.29, 0.717) is 18.9 Å². The van der Waals surface area contributed by atoms with Crippen molar-refractivity contribution in [3.8, 4) is 0 Å². The summed E-state index contributed by atoms with van der Waals surface area (Å²) in [5, 5.41) is 0. The molecule has 1 heterocycles. The summed E-state index contributed by atoms with van der Waals surface area (Å²) in [5.41, 5.74) is 0. The van der Waals surface area contributed by atoms with Gasteiger partial charge >= 0.3 is 0 Å². The summed E-state index contributed by atoms with van der Waals surface area (Å²) in [6.45, 7) is 4.45. The van der Waals surface area contributed by atoms with E-state index in [1.807, 2.05) is 6.92 Å². The van der Waals surface area contributed by atoms with Crippen molar-refractivity contribution in [1.82, 2.24) is 0 Å². The van der Waals surface area contributed by atoms with Gasteiger partial charge in [0.1, 0.15) is 0 Å². The van der Waals surface area contributed by atoms with Crippen LogP contribution >= 0.6 is 0 Å². The van der Waals surface area contributed by atoms with Crippen molar-refractivity contribution >= 4 is 0 Å². The summed E-state index contributed by atoms with van der Waals surface area (Å²) in [5.74, 6) is 0.362. The van der Waals surface area contributed by atoms with Crippen LogP contribution in [0.3, 0.4) is 0 Å². The molecule has 57 valence electrons. The third-order valence-corrected chi connectivity index (χ3v) is 1.62. The maximum atomic E-state index is 12.6. The number of hydrogen-bond acceptors (Lipinski definition) is 1. The number of rotatable bonds is 0. The standard InChI is InChI=1S/C7H12FO.Y/c1-5-3-7(8)6(2)9-4-5;/h5-6H,3-4H2,1-2H3;/q-1;. The fourth-order valence-electron chi connectivity index (χ4n) is 0.957. The van der Waals surface area contributed by atoms with Gasteiger partial charge in [-0.3, -0.25) is 0 Å².